The van der Waals surface area contributed by atoms with Crippen LogP contribution >= 0.6 is 0 Å². The minimum absolute atomic E-state index is 0.627. The van der Waals surface area contributed by atoms with Crippen molar-refractivity contribution >= 4 is 0 Å². The van der Waals surface area contributed by atoms with Gasteiger partial charge in [-0.15, -0.1) is 0 Å². The van der Waals surface area contributed by atoms with Gasteiger partial charge in [0, 0.05) is 12.7 Å². The molecule has 1 atom stereocenters. The number of aryl methyl sites for hydroxylation is 1. The van der Waals surface area contributed by atoms with Crippen molar-refractivity contribution in [2.45, 2.75) is 58.6 Å². The highest BCUT2D eigenvalue weighted by Gasteiger charge is 2.42. The molecule has 1 aliphatic carbocycles. The molecule has 1 heterocycles. The number of aliphatic hydroxyl groups excluding tert-OH is 1. The van der Waals surface area contributed by atoms with E-state index in [-0.39, 0.29) is 0 Å². The van der Waals surface area contributed by atoms with Crippen LogP contribution in [0.25, 0.3) is 0 Å². The summed E-state index contributed by atoms with van der Waals surface area (Å²) in [5.74, 6) is 0.661. The first-order chi connectivity index (χ1) is 9.13. The Morgan fingerprint density at radius 1 is 1.58 bits per heavy atom. The Morgan fingerprint density at radius 3 is 2.84 bits per heavy atom. The van der Waals surface area contributed by atoms with Crippen LogP contribution in [0.15, 0.2) is 12.3 Å². The molecule has 2 rings (SSSR count). The van der Waals surface area contributed by atoms with E-state index in [0.29, 0.717) is 5.92 Å². The lowest BCUT2D eigenvalue weighted by molar-refractivity contribution is 0.0203. The zero-order chi connectivity index (χ0) is 13.9. The smallest absolute Gasteiger partial charge is 0.114 e. The van der Waals surface area contributed by atoms with Gasteiger partial charge in [-0.25, -0.2) is 0 Å². The lowest BCUT2D eigenvalue weighted by Crippen LogP contribution is -2.33. The van der Waals surface area contributed by atoms with Gasteiger partial charge in [0.1, 0.15) is 6.10 Å². The van der Waals surface area contributed by atoms with E-state index in [1.165, 1.54) is 0 Å². The molecule has 4 heteroatoms. The van der Waals surface area contributed by atoms with E-state index < -0.39 is 11.5 Å². The second-order valence-corrected chi connectivity index (χ2v) is 5.83. The van der Waals surface area contributed by atoms with Crippen LogP contribution in [-0.4, -0.2) is 14.9 Å². The van der Waals surface area contributed by atoms with Crippen molar-refractivity contribution in [1.82, 2.24) is 9.78 Å². The lowest BCUT2D eigenvalue weighted by atomic mass is 9.68. The third-order valence-corrected chi connectivity index (χ3v) is 4.38. The number of nitrogens with zero attached hydrogens (tertiary/aromatic N) is 3. The van der Waals surface area contributed by atoms with Crippen LogP contribution in [0.3, 0.4) is 0 Å². The number of hydrogen-bond acceptors (Lipinski definition) is 3. The van der Waals surface area contributed by atoms with Crippen LogP contribution in [0.2, 0.25) is 0 Å². The van der Waals surface area contributed by atoms with Crippen LogP contribution in [0.1, 0.15) is 57.7 Å². The van der Waals surface area contributed by atoms with Gasteiger partial charge < -0.3 is 5.11 Å². The molecule has 19 heavy (non-hydrogen) atoms. The second kappa shape index (κ2) is 5.75. The second-order valence-electron chi connectivity index (χ2n) is 5.83. The van der Waals surface area contributed by atoms with Crippen LogP contribution in [0, 0.1) is 22.7 Å². The first kappa shape index (κ1) is 14.1. The van der Waals surface area contributed by atoms with E-state index in [1.54, 1.807) is 6.20 Å². The van der Waals surface area contributed by atoms with Crippen LogP contribution in [0.4, 0.5) is 0 Å². The molecule has 1 N–H and O–H groups in total. The molecule has 1 saturated carbocycles. The molecule has 1 aromatic heterocycles. The third kappa shape index (κ3) is 2.66. The monoisotopic (exact) mass is 261 g/mol. The average molecular weight is 261 g/mol. The summed E-state index contributed by atoms with van der Waals surface area (Å²) in [5.41, 5.74) is 0.163. The number of hydrogen-bond donors (Lipinski definition) is 1. The molecular formula is C15H23N3O. The standard InChI is InChI=1S/C15H23N3O/c1-3-10-18-13(6-9-17-18)14(19)15(11-16)7-4-12(2)5-8-15/h6,9,12,14,19H,3-5,7-8,10H2,1-2H3. The normalized spacial score (nSPS) is 28.8. The van der Waals surface area contributed by atoms with Crippen molar-refractivity contribution in [3.8, 4) is 6.07 Å². The number of nitriles is 1. The van der Waals surface area contributed by atoms with E-state index in [4.69, 9.17) is 0 Å². The van der Waals surface area contributed by atoms with E-state index in [1.807, 2.05) is 10.7 Å². The van der Waals surface area contributed by atoms with E-state index in [9.17, 15) is 10.4 Å². The minimum atomic E-state index is -0.723. The fraction of sp³-hybridized carbons (Fsp3) is 0.733. The van der Waals surface area contributed by atoms with Gasteiger partial charge >= 0.3 is 0 Å². The summed E-state index contributed by atoms with van der Waals surface area (Å²) >= 11 is 0. The summed E-state index contributed by atoms with van der Waals surface area (Å²) in [4.78, 5) is 0. The quantitative estimate of drug-likeness (QED) is 0.906. The molecule has 0 saturated heterocycles. The van der Waals surface area contributed by atoms with Gasteiger partial charge in [0.25, 0.3) is 0 Å². The molecule has 1 aromatic rings. The van der Waals surface area contributed by atoms with Crippen molar-refractivity contribution in [3.05, 3.63) is 18.0 Å². The molecule has 1 fully saturated rings. The Hall–Kier alpha value is -1.34. The summed E-state index contributed by atoms with van der Waals surface area (Å²) < 4.78 is 1.84. The Bertz CT molecular complexity index is 452. The van der Waals surface area contributed by atoms with E-state index in [0.717, 1.165) is 44.3 Å². The van der Waals surface area contributed by atoms with Crippen molar-refractivity contribution < 1.29 is 5.11 Å². The Labute approximate surface area is 115 Å². The first-order valence-electron chi connectivity index (χ1n) is 7.24. The minimum Gasteiger partial charge on any atom is -0.385 e. The Kier molecular flexibility index (Phi) is 4.26. The van der Waals surface area contributed by atoms with Gasteiger partial charge in [-0.1, -0.05) is 13.8 Å². The average Bonchev–Trinajstić information content (AvgIpc) is 2.88. The maximum absolute atomic E-state index is 10.7. The number of aliphatic hydroxyl groups is 1. The van der Waals surface area contributed by atoms with Gasteiger partial charge in [-0.3, -0.25) is 4.68 Å². The molecule has 0 radical (unpaired) electrons. The maximum atomic E-state index is 10.7. The SMILES string of the molecule is CCCn1nccc1C(O)C1(C#N)CCC(C)CC1. The van der Waals surface area contributed by atoms with Gasteiger partial charge in [0.05, 0.1) is 17.2 Å². The first-order valence-corrected chi connectivity index (χ1v) is 7.24. The number of aromatic nitrogens is 2. The molecule has 0 bridgehead atoms. The van der Waals surface area contributed by atoms with Gasteiger partial charge in [-0.2, -0.15) is 10.4 Å². The van der Waals surface area contributed by atoms with Crippen molar-refractivity contribution in [2.75, 3.05) is 0 Å². The van der Waals surface area contributed by atoms with Crippen molar-refractivity contribution in [1.29, 1.82) is 5.26 Å². The predicted molar refractivity (Wildman–Crippen MR) is 73.2 cm³/mol. The molecule has 104 valence electrons. The maximum Gasteiger partial charge on any atom is 0.114 e. The molecule has 4 nitrogen and oxygen atoms in total. The molecule has 1 aliphatic rings. The Morgan fingerprint density at radius 2 is 2.26 bits per heavy atom. The van der Waals surface area contributed by atoms with E-state index >= 15 is 0 Å². The summed E-state index contributed by atoms with van der Waals surface area (Å²) in [6.07, 6.45) is 5.56. The highest BCUT2D eigenvalue weighted by Crippen LogP contribution is 2.46. The fourth-order valence-electron chi connectivity index (χ4n) is 2.98. The topological polar surface area (TPSA) is 61.8 Å². The van der Waals surface area contributed by atoms with Gasteiger partial charge in [0.2, 0.25) is 0 Å². The molecule has 0 amide bonds. The number of rotatable bonds is 4. The van der Waals surface area contributed by atoms with Gasteiger partial charge in [0.15, 0.2) is 0 Å². The summed E-state index contributed by atoms with van der Waals surface area (Å²) in [5, 5.41) is 24.5. The highest BCUT2D eigenvalue weighted by molar-refractivity contribution is 5.16. The van der Waals surface area contributed by atoms with E-state index in [2.05, 4.69) is 25.0 Å². The predicted octanol–water partition coefficient (Wildman–Crippen LogP) is 3.05. The summed E-state index contributed by atoms with van der Waals surface area (Å²) in [6, 6.07) is 4.25. The zero-order valence-electron chi connectivity index (χ0n) is 11.8. The van der Waals surface area contributed by atoms with Gasteiger partial charge in [-0.05, 0) is 44.1 Å². The van der Waals surface area contributed by atoms with Crippen LogP contribution in [-0.2, 0) is 6.54 Å². The molecule has 1 unspecified atom stereocenters. The third-order valence-electron chi connectivity index (χ3n) is 4.38. The Balaban J connectivity index is 2.23. The molecule has 0 spiro atoms. The molecular weight excluding hydrogens is 238 g/mol. The van der Waals surface area contributed by atoms with Crippen molar-refractivity contribution in [3.63, 3.8) is 0 Å². The lowest BCUT2D eigenvalue weighted by Gasteiger charge is -2.37. The fourth-order valence-corrected chi connectivity index (χ4v) is 2.98. The zero-order valence-corrected chi connectivity index (χ0v) is 11.8. The highest BCUT2D eigenvalue weighted by atomic mass is 16.3. The molecule has 0 aliphatic heterocycles. The van der Waals surface area contributed by atoms with Crippen molar-refractivity contribution in [2.24, 2.45) is 11.3 Å². The van der Waals surface area contributed by atoms with Crippen LogP contribution < -0.4 is 0 Å². The van der Waals surface area contributed by atoms with Crippen LogP contribution in [0.5, 0.6) is 0 Å². The summed E-state index contributed by atoms with van der Waals surface area (Å²) in [6.45, 7) is 5.09. The largest absolute Gasteiger partial charge is 0.385 e. The molecule has 0 aromatic carbocycles. The summed E-state index contributed by atoms with van der Waals surface area (Å²) in [7, 11) is 0.